The number of nitrogen functional groups attached to an aromatic ring is 1. The van der Waals surface area contributed by atoms with Gasteiger partial charge in [-0.15, -0.1) is 0 Å². The van der Waals surface area contributed by atoms with E-state index in [2.05, 4.69) is 5.10 Å². The van der Waals surface area contributed by atoms with Crippen molar-refractivity contribution in [3.05, 3.63) is 46.2 Å². The lowest BCUT2D eigenvalue weighted by molar-refractivity contribution is 0.0461. The summed E-state index contributed by atoms with van der Waals surface area (Å²) in [6, 6.07) is 7.19. The predicted molar refractivity (Wildman–Crippen MR) is 72.9 cm³/mol. The molecule has 1 aromatic heterocycles. The Kier molecular flexibility index (Phi) is 3.76. The summed E-state index contributed by atoms with van der Waals surface area (Å²) in [6.07, 6.45) is 0. The molecular formula is C13H14ClN3O2. The number of carbonyl (C=O) groups is 1. The van der Waals surface area contributed by atoms with E-state index in [1.165, 1.54) is 4.68 Å². The van der Waals surface area contributed by atoms with Crippen molar-refractivity contribution in [3.63, 3.8) is 0 Å². The Morgan fingerprint density at radius 1 is 1.47 bits per heavy atom. The zero-order valence-electron chi connectivity index (χ0n) is 10.7. The zero-order valence-corrected chi connectivity index (χ0v) is 11.4. The number of hydrogen-bond acceptors (Lipinski definition) is 4. The average molecular weight is 280 g/mol. The van der Waals surface area contributed by atoms with Gasteiger partial charge < -0.3 is 10.5 Å². The fourth-order valence-electron chi connectivity index (χ4n) is 1.74. The third kappa shape index (κ3) is 2.71. The van der Waals surface area contributed by atoms with Crippen LogP contribution in [-0.4, -0.2) is 15.7 Å². The predicted octanol–water partition coefficient (Wildman–Crippen LogP) is 2.32. The van der Waals surface area contributed by atoms with Crippen LogP contribution in [0.25, 0.3) is 0 Å². The van der Waals surface area contributed by atoms with Crippen LogP contribution in [0.1, 0.15) is 21.7 Å². The van der Waals surface area contributed by atoms with E-state index in [-0.39, 0.29) is 12.3 Å². The highest BCUT2D eigenvalue weighted by Crippen LogP contribution is 2.19. The summed E-state index contributed by atoms with van der Waals surface area (Å²) in [5.74, 6) is -0.513. The molecule has 0 aliphatic heterocycles. The van der Waals surface area contributed by atoms with Gasteiger partial charge in [-0.05, 0) is 13.0 Å². The maximum Gasteiger partial charge on any atom is 0.359 e. The lowest BCUT2D eigenvalue weighted by Crippen LogP contribution is -2.12. The Balaban J connectivity index is 2.12. The number of aromatic nitrogens is 2. The minimum atomic E-state index is -0.513. The maximum absolute atomic E-state index is 12.0. The number of carbonyl (C=O) groups excluding carboxylic acids is 1. The molecule has 2 aromatic rings. The first-order valence-electron chi connectivity index (χ1n) is 5.70. The summed E-state index contributed by atoms with van der Waals surface area (Å²) >= 11 is 5.99. The van der Waals surface area contributed by atoms with Crippen LogP contribution in [0, 0.1) is 6.92 Å². The van der Waals surface area contributed by atoms with Crippen molar-refractivity contribution in [3.8, 4) is 0 Å². The minimum absolute atomic E-state index is 0.0994. The molecule has 6 heteroatoms. The molecule has 19 heavy (non-hydrogen) atoms. The van der Waals surface area contributed by atoms with Crippen LogP contribution >= 0.6 is 11.6 Å². The molecule has 0 saturated heterocycles. The van der Waals surface area contributed by atoms with Gasteiger partial charge in [0.1, 0.15) is 6.61 Å². The van der Waals surface area contributed by atoms with Crippen molar-refractivity contribution in [2.75, 3.05) is 5.73 Å². The first-order valence-corrected chi connectivity index (χ1v) is 6.08. The van der Waals surface area contributed by atoms with Gasteiger partial charge in [-0.2, -0.15) is 5.10 Å². The van der Waals surface area contributed by atoms with Crippen molar-refractivity contribution in [2.45, 2.75) is 13.5 Å². The number of benzene rings is 1. The molecule has 0 fully saturated rings. The molecule has 0 saturated carbocycles. The molecule has 0 bridgehead atoms. The molecule has 5 nitrogen and oxygen atoms in total. The number of ether oxygens (including phenoxy) is 1. The van der Waals surface area contributed by atoms with Crippen LogP contribution in [0.2, 0.25) is 5.02 Å². The minimum Gasteiger partial charge on any atom is -0.456 e. The Morgan fingerprint density at radius 3 is 2.74 bits per heavy atom. The number of nitrogens with two attached hydrogens (primary N) is 1. The lowest BCUT2D eigenvalue weighted by atomic mass is 10.2. The molecule has 0 aliphatic carbocycles. The second-order valence-electron chi connectivity index (χ2n) is 4.14. The molecule has 1 aromatic carbocycles. The normalized spacial score (nSPS) is 10.5. The molecule has 2 rings (SSSR count). The number of hydrogen-bond donors (Lipinski definition) is 1. The molecule has 0 unspecified atom stereocenters. The summed E-state index contributed by atoms with van der Waals surface area (Å²) < 4.78 is 6.62. The van der Waals surface area contributed by atoms with Crippen molar-refractivity contribution in [1.82, 2.24) is 9.78 Å². The van der Waals surface area contributed by atoms with E-state index in [9.17, 15) is 4.79 Å². The summed E-state index contributed by atoms with van der Waals surface area (Å²) in [6.45, 7) is 1.84. The number of nitrogens with zero attached hydrogens (tertiary/aromatic N) is 2. The summed E-state index contributed by atoms with van der Waals surface area (Å²) in [5.41, 5.74) is 7.74. The largest absolute Gasteiger partial charge is 0.456 e. The first-order chi connectivity index (χ1) is 9.00. The van der Waals surface area contributed by atoms with Crippen LogP contribution in [0.5, 0.6) is 0 Å². The molecule has 1 heterocycles. The third-order valence-electron chi connectivity index (χ3n) is 2.78. The molecule has 0 aliphatic rings. The summed E-state index contributed by atoms with van der Waals surface area (Å²) in [7, 11) is 1.65. The van der Waals surface area contributed by atoms with E-state index >= 15 is 0 Å². The second-order valence-corrected chi connectivity index (χ2v) is 4.55. The number of halogens is 1. The monoisotopic (exact) mass is 279 g/mol. The number of aryl methyl sites for hydroxylation is 2. The average Bonchev–Trinajstić information content (AvgIpc) is 2.62. The molecule has 0 spiro atoms. The summed E-state index contributed by atoms with van der Waals surface area (Å²) in [4.78, 5) is 12.0. The third-order valence-corrected chi connectivity index (χ3v) is 3.15. The van der Waals surface area contributed by atoms with Gasteiger partial charge in [-0.3, -0.25) is 4.68 Å². The van der Waals surface area contributed by atoms with Gasteiger partial charge in [0.15, 0.2) is 5.69 Å². The van der Waals surface area contributed by atoms with Gasteiger partial charge >= 0.3 is 5.97 Å². The highest BCUT2D eigenvalue weighted by molar-refractivity contribution is 6.31. The second kappa shape index (κ2) is 5.32. The SMILES string of the molecule is Cc1nn(C)c(C(=O)OCc2ccccc2Cl)c1N. The Hall–Kier alpha value is -2.01. The Morgan fingerprint density at radius 2 is 2.16 bits per heavy atom. The molecule has 0 amide bonds. The van der Waals surface area contributed by atoms with Crippen LogP contribution in [0.4, 0.5) is 5.69 Å². The fourth-order valence-corrected chi connectivity index (χ4v) is 1.93. The van der Waals surface area contributed by atoms with Crippen molar-refractivity contribution in [2.24, 2.45) is 7.05 Å². The quantitative estimate of drug-likeness (QED) is 0.876. The van der Waals surface area contributed by atoms with Crippen LogP contribution in [0.15, 0.2) is 24.3 Å². The number of rotatable bonds is 3. The summed E-state index contributed by atoms with van der Waals surface area (Å²) in [5, 5.41) is 4.63. The van der Waals surface area contributed by atoms with Crippen molar-refractivity contribution < 1.29 is 9.53 Å². The van der Waals surface area contributed by atoms with Crippen LogP contribution < -0.4 is 5.73 Å². The van der Waals surface area contributed by atoms with Gasteiger partial charge in [-0.25, -0.2) is 4.79 Å². The van der Waals surface area contributed by atoms with Gasteiger partial charge in [-0.1, -0.05) is 29.8 Å². The van der Waals surface area contributed by atoms with E-state index < -0.39 is 5.97 Å². The number of anilines is 1. The van der Waals surface area contributed by atoms with Gasteiger partial charge in [0.25, 0.3) is 0 Å². The highest BCUT2D eigenvalue weighted by Gasteiger charge is 2.19. The Labute approximate surface area is 115 Å². The van der Waals surface area contributed by atoms with Crippen molar-refractivity contribution >= 4 is 23.3 Å². The molecular weight excluding hydrogens is 266 g/mol. The molecule has 100 valence electrons. The lowest BCUT2D eigenvalue weighted by Gasteiger charge is -2.07. The van der Waals surface area contributed by atoms with Gasteiger partial charge in [0, 0.05) is 17.6 Å². The molecule has 2 N–H and O–H groups in total. The molecule has 0 atom stereocenters. The smallest absolute Gasteiger partial charge is 0.359 e. The van der Waals surface area contributed by atoms with E-state index in [4.69, 9.17) is 22.1 Å². The van der Waals surface area contributed by atoms with E-state index in [1.54, 1.807) is 26.1 Å². The van der Waals surface area contributed by atoms with Crippen LogP contribution in [0.3, 0.4) is 0 Å². The zero-order chi connectivity index (χ0) is 14.0. The highest BCUT2D eigenvalue weighted by atomic mass is 35.5. The van der Waals surface area contributed by atoms with Crippen molar-refractivity contribution in [1.29, 1.82) is 0 Å². The van der Waals surface area contributed by atoms with E-state index in [0.717, 1.165) is 5.56 Å². The van der Waals surface area contributed by atoms with Gasteiger partial charge in [0.05, 0.1) is 11.4 Å². The maximum atomic E-state index is 12.0. The standard InChI is InChI=1S/C13H14ClN3O2/c1-8-11(15)12(17(2)16-8)13(18)19-7-9-5-3-4-6-10(9)14/h3-6H,7,15H2,1-2H3. The first kappa shape index (κ1) is 13.4. The van der Waals surface area contributed by atoms with E-state index in [0.29, 0.717) is 16.4 Å². The fraction of sp³-hybridized carbons (Fsp3) is 0.231. The van der Waals surface area contributed by atoms with Gasteiger partial charge in [0.2, 0.25) is 0 Å². The topological polar surface area (TPSA) is 70.1 Å². The number of esters is 1. The van der Waals surface area contributed by atoms with E-state index in [1.807, 2.05) is 12.1 Å². The Bertz CT molecular complexity index is 622. The molecule has 0 radical (unpaired) electrons. The van der Waals surface area contributed by atoms with Crippen LogP contribution in [-0.2, 0) is 18.4 Å².